The number of fused-ring (bicyclic) bond motifs is 2. The summed E-state index contributed by atoms with van der Waals surface area (Å²) in [6, 6.07) is 19.4. The minimum absolute atomic E-state index is 0.263. The Kier molecular flexibility index (Phi) is 4.72. The van der Waals surface area contributed by atoms with Gasteiger partial charge in [-0.05, 0) is 48.0 Å². The standard InChI is InChI=1S/C25H17ClN2O4/c1-28-10-9-16-11-15(7-8-21(16)28)17-12-18-20(13-19(17)26)27-24(30)23(22(18)29)32-25(31)14-5-3-2-4-6-14/h2-13H,1H3,(H2,27,29,30). The van der Waals surface area contributed by atoms with Crippen molar-refractivity contribution >= 4 is 39.4 Å². The summed E-state index contributed by atoms with van der Waals surface area (Å²) < 4.78 is 7.26. The molecule has 5 aromatic rings. The molecular weight excluding hydrogens is 428 g/mol. The SMILES string of the molecule is Cn1ccc2cc(-c3cc4c(O)c(OC(=O)c5ccccc5)c(=O)[nH]c4cc3Cl)ccc21. The van der Waals surface area contributed by atoms with Gasteiger partial charge in [0.2, 0.25) is 5.75 Å². The quantitative estimate of drug-likeness (QED) is 0.371. The van der Waals surface area contributed by atoms with Crippen LogP contribution in [0.2, 0.25) is 5.02 Å². The zero-order chi connectivity index (χ0) is 22.4. The molecular formula is C25H17ClN2O4. The lowest BCUT2D eigenvalue weighted by atomic mass is 10.0. The number of halogens is 1. The average molecular weight is 445 g/mol. The molecule has 0 fully saturated rings. The van der Waals surface area contributed by atoms with Gasteiger partial charge in [-0.3, -0.25) is 4.79 Å². The van der Waals surface area contributed by atoms with Crippen molar-refractivity contribution in [1.82, 2.24) is 9.55 Å². The van der Waals surface area contributed by atoms with E-state index in [4.69, 9.17) is 16.3 Å². The number of benzene rings is 3. The number of rotatable bonds is 3. The lowest BCUT2D eigenvalue weighted by Gasteiger charge is -2.11. The molecule has 0 atom stereocenters. The van der Waals surface area contributed by atoms with Gasteiger partial charge in [0.25, 0.3) is 5.56 Å². The summed E-state index contributed by atoms with van der Waals surface area (Å²) >= 11 is 6.51. The Bertz CT molecular complexity index is 1570. The zero-order valence-electron chi connectivity index (χ0n) is 16.9. The molecule has 5 rings (SSSR count). The van der Waals surface area contributed by atoms with E-state index in [1.54, 1.807) is 42.5 Å². The second-order valence-electron chi connectivity index (χ2n) is 7.47. The third-order valence-electron chi connectivity index (χ3n) is 5.43. The Balaban J connectivity index is 1.63. The molecule has 3 aromatic carbocycles. The van der Waals surface area contributed by atoms with Crippen LogP contribution in [0.5, 0.6) is 11.5 Å². The van der Waals surface area contributed by atoms with Crippen molar-refractivity contribution in [3.05, 3.63) is 93.9 Å². The molecule has 0 unspecified atom stereocenters. The number of aromatic amines is 1. The minimum Gasteiger partial charge on any atom is -0.504 e. The molecule has 0 saturated heterocycles. The van der Waals surface area contributed by atoms with E-state index in [0.717, 1.165) is 16.5 Å². The minimum atomic E-state index is -0.741. The van der Waals surface area contributed by atoms with E-state index in [-0.39, 0.29) is 5.56 Å². The van der Waals surface area contributed by atoms with Gasteiger partial charge >= 0.3 is 5.97 Å². The summed E-state index contributed by atoms with van der Waals surface area (Å²) in [6.07, 6.45) is 1.97. The van der Waals surface area contributed by atoms with Gasteiger partial charge in [-0.1, -0.05) is 35.9 Å². The summed E-state index contributed by atoms with van der Waals surface area (Å²) in [5.41, 5.74) is 2.47. The Morgan fingerprint density at radius 1 is 1.06 bits per heavy atom. The number of carbonyl (C=O) groups is 1. The molecule has 0 radical (unpaired) electrons. The van der Waals surface area contributed by atoms with Gasteiger partial charge in [-0.25, -0.2) is 4.79 Å². The van der Waals surface area contributed by atoms with E-state index in [9.17, 15) is 14.7 Å². The van der Waals surface area contributed by atoms with Crippen LogP contribution in [0.3, 0.4) is 0 Å². The van der Waals surface area contributed by atoms with Crippen LogP contribution in [0.25, 0.3) is 32.9 Å². The fourth-order valence-electron chi connectivity index (χ4n) is 3.77. The number of ether oxygens (including phenoxy) is 1. The van der Waals surface area contributed by atoms with Crippen LogP contribution >= 0.6 is 11.6 Å². The van der Waals surface area contributed by atoms with Crippen molar-refractivity contribution in [3.8, 4) is 22.6 Å². The lowest BCUT2D eigenvalue weighted by molar-refractivity contribution is 0.0727. The topological polar surface area (TPSA) is 84.3 Å². The highest BCUT2D eigenvalue weighted by molar-refractivity contribution is 6.34. The number of aromatic nitrogens is 2. The van der Waals surface area contributed by atoms with Crippen LogP contribution in [-0.4, -0.2) is 20.6 Å². The number of aromatic hydroxyl groups is 1. The van der Waals surface area contributed by atoms with Crippen molar-refractivity contribution in [1.29, 1.82) is 0 Å². The van der Waals surface area contributed by atoms with Crippen molar-refractivity contribution in [2.75, 3.05) is 0 Å². The predicted molar refractivity (Wildman–Crippen MR) is 125 cm³/mol. The number of H-pyrrole nitrogens is 1. The normalized spacial score (nSPS) is 11.2. The second kappa shape index (κ2) is 7.59. The zero-order valence-corrected chi connectivity index (χ0v) is 17.7. The summed E-state index contributed by atoms with van der Waals surface area (Å²) in [5, 5.41) is 12.6. The summed E-state index contributed by atoms with van der Waals surface area (Å²) in [4.78, 5) is 27.5. The van der Waals surface area contributed by atoms with E-state index in [0.29, 0.717) is 21.5 Å². The maximum absolute atomic E-state index is 12.5. The van der Waals surface area contributed by atoms with Gasteiger partial charge in [-0.15, -0.1) is 0 Å². The van der Waals surface area contributed by atoms with Crippen molar-refractivity contribution in [2.45, 2.75) is 0 Å². The lowest BCUT2D eigenvalue weighted by Crippen LogP contribution is -2.17. The van der Waals surface area contributed by atoms with Gasteiger partial charge in [0, 0.05) is 35.1 Å². The molecule has 0 aliphatic heterocycles. The van der Waals surface area contributed by atoms with Crippen molar-refractivity contribution < 1.29 is 14.6 Å². The second-order valence-corrected chi connectivity index (χ2v) is 7.87. The maximum Gasteiger partial charge on any atom is 0.343 e. The van der Waals surface area contributed by atoms with E-state index >= 15 is 0 Å². The first-order valence-corrected chi connectivity index (χ1v) is 10.2. The van der Waals surface area contributed by atoms with Gasteiger partial charge < -0.3 is 19.4 Å². The molecule has 0 aliphatic carbocycles. The molecule has 2 aromatic heterocycles. The number of pyridine rings is 1. The van der Waals surface area contributed by atoms with Crippen LogP contribution in [0.4, 0.5) is 0 Å². The van der Waals surface area contributed by atoms with Crippen molar-refractivity contribution in [3.63, 3.8) is 0 Å². The largest absolute Gasteiger partial charge is 0.504 e. The first-order valence-electron chi connectivity index (χ1n) is 9.83. The third-order valence-corrected chi connectivity index (χ3v) is 5.75. The van der Waals surface area contributed by atoms with Crippen LogP contribution < -0.4 is 10.3 Å². The van der Waals surface area contributed by atoms with Gasteiger partial charge in [0.05, 0.1) is 16.1 Å². The Morgan fingerprint density at radius 2 is 1.84 bits per heavy atom. The molecule has 0 saturated carbocycles. The molecule has 158 valence electrons. The smallest absolute Gasteiger partial charge is 0.343 e. The van der Waals surface area contributed by atoms with E-state index in [2.05, 4.69) is 4.98 Å². The molecule has 7 heteroatoms. The number of nitrogens with one attached hydrogen (secondary N) is 1. The first-order chi connectivity index (χ1) is 15.4. The van der Waals surface area contributed by atoms with Crippen LogP contribution in [-0.2, 0) is 7.05 Å². The molecule has 0 aliphatic rings. The Hall–Kier alpha value is -4.03. The van der Waals surface area contributed by atoms with E-state index < -0.39 is 23.0 Å². The molecule has 0 bridgehead atoms. The highest BCUT2D eigenvalue weighted by Gasteiger charge is 2.19. The van der Waals surface area contributed by atoms with Gasteiger partial charge in [0.15, 0.2) is 5.75 Å². The summed E-state index contributed by atoms with van der Waals surface area (Å²) in [6.45, 7) is 0. The number of aryl methyl sites for hydroxylation is 1. The van der Waals surface area contributed by atoms with Crippen LogP contribution in [0.1, 0.15) is 10.4 Å². The fourth-order valence-corrected chi connectivity index (χ4v) is 4.05. The average Bonchev–Trinajstić information content (AvgIpc) is 3.17. The maximum atomic E-state index is 12.5. The fraction of sp³-hybridized carbons (Fsp3) is 0.0400. The Labute approximate surface area is 187 Å². The molecule has 2 heterocycles. The monoisotopic (exact) mass is 444 g/mol. The number of hydrogen-bond acceptors (Lipinski definition) is 4. The Morgan fingerprint density at radius 3 is 2.62 bits per heavy atom. The van der Waals surface area contributed by atoms with Crippen LogP contribution in [0.15, 0.2) is 77.7 Å². The van der Waals surface area contributed by atoms with Crippen LogP contribution in [0, 0.1) is 0 Å². The number of hydrogen-bond donors (Lipinski definition) is 2. The number of carbonyl (C=O) groups excluding carboxylic acids is 1. The van der Waals surface area contributed by atoms with E-state index in [1.807, 2.05) is 42.1 Å². The molecule has 0 spiro atoms. The highest BCUT2D eigenvalue weighted by Crippen LogP contribution is 2.38. The molecule has 6 nitrogen and oxygen atoms in total. The van der Waals surface area contributed by atoms with Gasteiger partial charge in [-0.2, -0.15) is 0 Å². The number of esters is 1. The third kappa shape index (κ3) is 3.31. The summed E-state index contributed by atoms with van der Waals surface area (Å²) in [5.74, 6) is -1.63. The molecule has 0 amide bonds. The first kappa shape index (κ1) is 19.9. The summed E-state index contributed by atoms with van der Waals surface area (Å²) in [7, 11) is 1.97. The number of nitrogens with zero attached hydrogens (tertiary/aromatic N) is 1. The molecule has 32 heavy (non-hydrogen) atoms. The predicted octanol–water partition coefficient (Wildman–Crippen LogP) is 5.27. The highest BCUT2D eigenvalue weighted by atomic mass is 35.5. The van der Waals surface area contributed by atoms with Crippen molar-refractivity contribution in [2.24, 2.45) is 7.05 Å². The van der Waals surface area contributed by atoms with E-state index in [1.165, 1.54) is 0 Å². The van der Waals surface area contributed by atoms with Gasteiger partial charge in [0.1, 0.15) is 0 Å². The molecule has 2 N–H and O–H groups in total.